The first-order chi connectivity index (χ1) is 15.7. The van der Waals surface area contributed by atoms with Crippen molar-refractivity contribution in [3.05, 3.63) is 89.4 Å². The summed E-state index contributed by atoms with van der Waals surface area (Å²) in [4.78, 5) is 18.8. The quantitative estimate of drug-likeness (QED) is 0.397. The van der Waals surface area contributed by atoms with Gasteiger partial charge in [-0.3, -0.25) is 9.69 Å². The van der Waals surface area contributed by atoms with Gasteiger partial charge in [-0.25, -0.2) is 4.98 Å². The monoisotopic (exact) mass is 444 g/mol. The van der Waals surface area contributed by atoms with Crippen molar-refractivity contribution < 1.29 is 14.6 Å². The van der Waals surface area contributed by atoms with E-state index in [4.69, 9.17) is 9.72 Å². The molecule has 1 atom stereocenters. The van der Waals surface area contributed by atoms with Crippen LogP contribution in [0.5, 0.6) is 11.5 Å². The summed E-state index contributed by atoms with van der Waals surface area (Å²) in [6.45, 7) is 1.45. The van der Waals surface area contributed by atoms with E-state index in [1.54, 1.807) is 11.3 Å². The number of piperidine rings is 1. The molecule has 1 N–H and O–H groups in total. The first kappa shape index (κ1) is 20.7. The number of nitrogens with zero attached hydrogens (tertiary/aromatic N) is 2. The molecule has 2 heterocycles. The molecule has 1 fully saturated rings. The SMILES string of the molecule is O=C(O)C1CCN(C(c2cccc(Oc3ccccc3)c2)c2nc3ccccc3s2)CC1. The van der Waals surface area contributed by atoms with E-state index in [1.165, 1.54) is 0 Å². The van der Waals surface area contributed by atoms with E-state index >= 15 is 0 Å². The van der Waals surface area contributed by atoms with Crippen LogP contribution in [0.25, 0.3) is 10.2 Å². The van der Waals surface area contributed by atoms with Gasteiger partial charge in [0.15, 0.2) is 0 Å². The van der Waals surface area contributed by atoms with Crippen molar-refractivity contribution in [3.63, 3.8) is 0 Å². The van der Waals surface area contributed by atoms with E-state index in [2.05, 4.69) is 23.1 Å². The van der Waals surface area contributed by atoms with Crippen LogP contribution in [0.3, 0.4) is 0 Å². The topological polar surface area (TPSA) is 62.7 Å². The predicted octanol–water partition coefficient (Wildman–Crippen LogP) is 5.97. The maximum Gasteiger partial charge on any atom is 0.306 e. The van der Waals surface area contributed by atoms with Gasteiger partial charge in [-0.2, -0.15) is 0 Å². The van der Waals surface area contributed by atoms with Gasteiger partial charge in [0.2, 0.25) is 0 Å². The summed E-state index contributed by atoms with van der Waals surface area (Å²) in [7, 11) is 0. The predicted molar refractivity (Wildman–Crippen MR) is 126 cm³/mol. The fraction of sp³-hybridized carbons (Fsp3) is 0.231. The summed E-state index contributed by atoms with van der Waals surface area (Å²) in [5, 5.41) is 10.4. The third kappa shape index (κ3) is 4.38. The lowest BCUT2D eigenvalue weighted by Gasteiger charge is -2.35. The number of hydrogen-bond donors (Lipinski definition) is 1. The fourth-order valence-corrected chi connectivity index (χ4v) is 5.42. The number of aliphatic carboxylic acids is 1. The van der Waals surface area contributed by atoms with Crippen LogP contribution < -0.4 is 4.74 Å². The molecule has 0 amide bonds. The summed E-state index contributed by atoms with van der Waals surface area (Å²) >= 11 is 1.70. The average Bonchev–Trinajstić information content (AvgIpc) is 3.24. The number of ether oxygens (including phenoxy) is 1. The molecule has 1 unspecified atom stereocenters. The Labute approximate surface area is 190 Å². The number of benzene rings is 3. The minimum Gasteiger partial charge on any atom is -0.481 e. The smallest absolute Gasteiger partial charge is 0.306 e. The molecule has 0 aliphatic carbocycles. The summed E-state index contributed by atoms with van der Waals surface area (Å²) in [5.74, 6) is 0.609. The van der Waals surface area contributed by atoms with Crippen molar-refractivity contribution in [2.45, 2.75) is 18.9 Å². The highest BCUT2D eigenvalue weighted by Crippen LogP contribution is 2.38. The normalized spacial score (nSPS) is 16.1. The second-order valence-electron chi connectivity index (χ2n) is 8.06. The zero-order valence-electron chi connectivity index (χ0n) is 17.6. The third-order valence-corrected chi connectivity index (χ3v) is 7.03. The van der Waals surface area contributed by atoms with Crippen LogP contribution in [0, 0.1) is 5.92 Å². The summed E-state index contributed by atoms with van der Waals surface area (Å²) in [5.41, 5.74) is 2.10. The highest BCUT2D eigenvalue weighted by Gasteiger charge is 2.32. The highest BCUT2D eigenvalue weighted by molar-refractivity contribution is 7.18. The molecule has 4 aromatic rings. The van der Waals surface area contributed by atoms with Gasteiger partial charge in [-0.15, -0.1) is 11.3 Å². The van der Waals surface area contributed by atoms with Crippen LogP contribution in [0.15, 0.2) is 78.9 Å². The van der Waals surface area contributed by atoms with E-state index in [-0.39, 0.29) is 12.0 Å². The van der Waals surface area contributed by atoms with E-state index in [0.717, 1.165) is 45.4 Å². The zero-order valence-corrected chi connectivity index (χ0v) is 18.4. The summed E-state index contributed by atoms with van der Waals surface area (Å²) in [6.07, 6.45) is 1.30. The lowest BCUT2D eigenvalue weighted by Crippen LogP contribution is -2.39. The number of para-hydroxylation sites is 2. The Morgan fingerprint density at radius 3 is 2.44 bits per heavy atom. The lowest BCUT2D eigenvalue weighted by molar-refractivity contribution is -0.143. The number of thiazole rings is 1. The molecule has 0 spiro atoms. The number of carbonyl (C=O) groups is 1. The Hall–Kier alpha value is -3.22. The first-order valence-corrected chi connectivity index (χ1v) is 11.6. The maximum absolute atomic E-state index is 11.5. The number of aromatic nitrogens is 1. The second-order valence-corrected chi connectivity index (χ2v) is 9.12. The minimum atomic E-state index is -0.695. The number of rotatable bonds is 6. The molecule has 32 heavy (non-hydrogen) atoms. The highest BCUT2D eigenvalue weighted by atomic mass is 32.1. The van der Waals surface area contributed by atoms with Crippen LogP contribution in [-0.4, -0.2) is 34.0 Å². The molecule has 1 aliphatic rings. The molecule has 1 aromatic heterocycles. The maximum atomic E-state index is 11.5. The van der Waals surface area contributed by atoms with Crippen LogP contribution in [-0.2, 0) is 4.79 Å². The van der Waals surface area contributed by atoms with Crippen molar-refractivity contribution in [2.24, 2.45) is 5.92 Å². The van der Waals surface area contributed by atoms with Crippen LogP contribution in [0.2, 0.25) is 0 Å². The molecule has 6 heteroatoms. The first-order valence-electron chi connectivity index (χ1n) is 10.8. The molecular weight excluding hydrogens is 420 g/mol. The van der Waals surface area contributed by atoms with Crippen molar-refractivity contribution >= 4 is 27.5 Å². The second kappa shape index (κ2) is 9.10. The number of carboxylic acid groups (broad SMARTS) is 1. The van der Waals surface area contributed by atoms with Crippen molar-refractivity contribution in [2.75, 3.05) is 13.1 Å². The molecule has 5 rings (SSSR count). The standard InChI is InChI=1S/C26H24N2O3S/c29-26(30)18-13-15-28(16-14-18)24(25-27-22-11-4-5-12-23(22)32-25)19-7-6-10-21(17-19)31-20-8-2-1-3-9-20/h1-12,17-18,24H,13-16H2,(H,29,30). The number of likely N-dealkylation sites (tertiary alicyclic amines) is 1. The lowest BCUT2D eigenvalue weighted by atomic mass is 9.94. The van der Waals surface area contributed by atoms with E-state index in [0.29, 0.717) is 12.8 Å². The van der Waals surface area contributed by atoms with E-state index in [9.17, 15) is 9.90 Å². The molecule has 1 saturated heterocycles. The summed E-state index contributed by atoms with van der Waals surface area (Å²) < 4.78 is 7.24. The van der Waals surface area contributed by atoms with Gasteiger partial charge >= 0.3 is 5.97 Å². The number of fused-ring (bicyclic) bond motifs is 1. The number of hydrogen-bond acceptors (Lipinski definition) is 5. The van der Waals surface area contributed by atoms with Crippen LogP contribution in [0.1, 0.15) is 29.5 Å². The molecule has 1 aliphatic heterocycles. The Morgan fingerprint density at radius 2 is 1.69 bits per heavy atom. The molecule has 162 valence electrons. The fourth-order valence-electron chi connectivity index (χ4n) is 4.29. The largest absolute Gasteiger partial charge is 0.481 e. The van der Waals surface area contributed by atoms with Gasteiger partial charge in [-0.1, -0.05) is 42.5 Å². The molecule has 0 radical (unpaired) electrons. The van der Waals surface area contributed by atoms with Crippen molar-refractivity contribution in [1.82, 2.24) is 9.88 Å². The van der Waals surface area contributed by atoms with Crippen LogP contribution in [0.4, 0.5) is 0 Å². The van der Waals surface area contributed by atoms with Gasteiger partial charge in [0.05, 0.1) is 22.2 Å². The Kier molecular flexibility index (Phi) is 5.88. The molecular formula is C26H24N2O3S. The van der Waals surface area contributed by atoms with Crippen LogP contribution >= 0.6 is 11.3 Å². The Morgan fingerprint density at radius 1 is 0.969 bits per heavy atom. The molecule has 0 bridgehead atoms. The Balaban J connectivity index is 1.50. The van der Waals surface area contributed by atoms with Gasteiger partial charge in [0.1, 0.15) is 16.5 Å². The van der Waals surface area contributed by atoms with E-state index in [1.807, 2.05) is 60.7 Å². The average molecular weight is 445 g/mol. The van der Waals surface area contributed by atoms with Gasteiger partial charge in [-0.05, 0) is 67.9 Å². The number of carboxylic acids is 1. The minimum absolute atomic E-state index is 0.0403. The van der Waals surface area contributed by atoms with Crippen molar-refractivity contribution in [1.29, 1.82) is 0 Å². The van der Waals surface area contributed by atoms with Gasteiger partial charge in [0.25, 0.3) is 0 Å². The Bertz CT molecular complexity index is 1180. The van der Waals surface area contributed by atoms with Crippen molar-refractivity contribution in [3.8, 4) is 11.5 Å². The molecule has 0 saturated carbocycles. The van der Waals surface area contributed by atoms with Gasteiger partial charge < -0.3 is 9.84 Å². The third-order valence-electron chi connectivity index (χ3n) is 5.94. The van der Waals surface area contributed by atoms with Gasteiger partial charge in [0, 0.05) is 0 Å². The zero-order chi connectivity index (χ0) is 21.9. The molecule has 5 nitrogen and oxygen atoms in total. The van der Waals surface area contributed by atoms with E-state index < -0.39 is 5.97 Å². The summed E-state index contributed by atoms with van der Waals surface area (Å²) in [6, 6.07) is 26.0. The molecule has 3 aromatic carbocycles.